The summed E-state index contributed by atoms with van der Waals surface area (Å²) < 4.78 is 5.44. The largest absolute Gasteiger partial charge is 0.444 e. The van der Waals surface area contributed by atoms with E-state index in [1.165, 1.54) is 0 Å². The zero-order chi connectivity index (χ0) is 20.2. The lowest BCUT2D eigenvalue weighted by Gasteiger charge is -2.39. The summed E-state index contributed by atoms with van der Waals surface area (Å²) in [5, 5.41) is 0.910. The van der Waals surface area contributed by atoms with Crippen molar-refractivity contribution in [2.75, 3.05) is 26.2 Å². The van der Waals surface area contributed by atoms with Crippen LogP contribution in [-0.4, -0.2) is 53.5 Å². The highest BCUT2D eigenvalue weighted by molar-refractivity contribution is 6.42. The molecule has 5 nitrogen and oxygen atoms in total. The van der Waals surface area contributed by atoms with Gasteiger partial charge in [-0.2, -0.15) is 0 Å². The molecule has 1 fully saturated rings. The molecule has 0 radical (unpaired) electrons. The van der Waals surface area contributed by atoms with Crippen LogP contribution in [0.25, 0.3) is 0 Å². The van der Waals surface area contributed by atoms with E-state index in [-0.39, 0.29) is 17.9 Å². The molecule has 7 heteroatoms. The van der Waals surface area contributed by atoms with Crippen LogP contribution in [0, 0.1) is 0 Å². The molecule has 1 atom stereocenters. The highest BCUT2D eigenvalue weighted by Gasteiger charge is 2.32. The van der Waals surface area contributed by atoms with Crippen LogP contribution in [0.2, 0.25) is 10.0 Å². The molecule has 1 saturated heterocycles. The SMILES string of the molecule is CCCC(=O)C(c1ccc(Cl)c(Cl)c1)N1CCN(C(=O)OC(C)(C)C)CC1. The Bertz CT molecular complexity index is 680. The number of nitrogens with zero attached hydrogens (tertiary/aromatic N) is 2. The van der Waals surface area contributed by atoms with E-state index in [1.54, 1.807) is 17.0 Å². The summed E-state index contributed by atoms with van der Waals surface area (Å²) >= 11 is 12.2. The van der Waals surface area contributed by atoms with Crippen LogP contribution >= 0.6 is 23.2 Å². The van der Waals surface area contributed by atoms with E-state index in [1.807, 2.05) is 33.8 Å². The molecule has 0 bridgehead atoms. The summed E-state index contributed by atoms with van der Waals surface area (Å²) in [4.78, 5) is 28.9. The van der Waals surface area contributed by atoms with Crippen LogP contribution in [-0.2, 0) is 9.53 Å². The Kier molecular flexibility index (Phi) is 7.55. The summed E-state index contributed by atoms with van der Waals surface area (Å²) in [6.45, 7) is 9.78. The number of amides is 1. The van der Waals surface area contributed by atoms with Crippen molar-refractivity contribution >= 4 is 35.1 Å². The van der Waals surface area contributed by atoms with E-state index in [2.05, 4.69) is 4.90 Å². The zero-order valence-electron chi connectivity index (χ0n) is 16.4. The lowest BCUT2D eigenvalue weighted by atomic mass is 9.97. The number of carbonyl (C=O) groups is 2. The van der Waals surface area contributed by atoms with Crippen molar-refractivity contribution in [2.45, 2.75) is 52.2 Å². The summed E-state index contributed by atoms with van der Waals surface area (Å²) in [5.74, 6) is 0.154. The van der Waals surface area contributed by atoms with Crippen LogP contribution in [0.1, 0.15) is 52.1 Å². The summed E-state index contributed by atoms with van der Waals surface area (Å²) in [6, 6.07) is 4.97. The smallest absolute Gasteiger partial charge is 0.410 e. The molecule has 150 valence electrons. The third kappa shape index (κ3) is 6.09. The number of hydrogen-bond donors (Lipinski definition) is 0. The molecule has 1 amide bonds. The van der Waals surface area contributed by atoms with Crippen molar-refractivity contribution in [3.63, 3.8) is 0 Å². The monoisotopic (exact) mass is 414 g/mol. The highest BCUT2D eigenvalue weighted by Crippen LogP contribution is 2.30. The van der Waals surface area contributed by atoms with Gasteiger partial charge in [0.1, 0.15) is 5.60 Å². The van der Waals surface area contributed by atoms with Crippen molar-refractivity contribution in [3.8, 4) is 0 Å². The molecule has 0 saturated carbocycles. The van der Waals surface area contributed by atoms with E-state index in [0.717, 1.165) is 12.0 Å². The molecule has 27 heavy (non-hydrogen) atoms. The Morgan fingerprint density at radius 3 is 2.26 bits per heavy atom. The van der Waals surface area contributed by atoms with Gasteiger partial charge in [0.2, 0.25) is 0 Å². The number of carbonyl (C=O) groups excluding carboxylic acids is 2. The minimum Gasteiger partial charge on any atom is -0.444 e. The van der Waals surface area contributed by atoms with Crippen LogP contribution < -0.4 is 0 Å². The van der Waals surface area contributed by atoms with Crippen molar-refractivity contribution in [1.29, 1.82) is 0 Å². The van der Waals surface area contributed by atoms with Gasteiger partial charge in [-0.05, 0) is 44.9 Å². The predicted octanol–water partition coefficient (Wildman–Crippen LogP) is 4.96. The number of rotatable bonds is 5. The molecular weight excluding hydrogens is 387 g/mol. The lowest BCUT2D eigenvalue weighted by molar-refractivity contribution is -0.125. The second kappa shape index (κ2) is 9.26. The first kappa shape index (κ1) is 22.0. The molecule has 0 spiro atoms. The number of Topliss-reactive ketones (excluding diaryl/α,β-unsaturated/α-hetero) is 1. The van der Waals surface area contributed by atoms with Crippen LogP contribution in [0.5, 0.6) is 0 Å². The summed E-state index contributed by atoms with van der Waals surface area (Å²) in [6.07, 6.45) is 0.972. The second-order valence-corrected chi connectivity index (χ2v) is 8.61. The van der Waals surface area contributed by atoms with Gasteiger partial charge < -0.3 is 9.64 Å². The summed E-state index contributed by atoms with van der Waals surface area (Å²) in [7, 11) is 0. The molecule has 1 unspecified atom stereocenters. The van der Waals surface area contributed by atoms with Crippen LogP contribution in [0.4, 0.5) is 4.79 Å². The molecule has 1 aromatic rings. The third-order valence-corrected chi connectivity index (χ3v) is 5.13. The van der Waals surface area contributed by atoms with Crippen molar-refractivity contribution in [2.24, 2.45) is 0 Å². The zero-order valence-corrected chi connectivity index (χ0v) is 17.9. The van der Waals surface area contributed by atoms with Gasteiger partial charge in [-0.15, -0.1) is 0 Å². The second-order valence-electron chi connectivity index (χ2n) is 7.80. The van der Waals surface area contributed by atoms with Gasteiger partial charge in [0.25, 0.3) is 0 Å². The first-order valence-electron chi connectivity index (χ1n) is 9.32. The van der Waals surface area contributed by atoms with Gasteiger partial charge in [-0.3, -0.25) is 9.69 Å². The number of piperazine rings is 1. The first-order valence-corrected chi connectivity index (χ1v) is 10.1. The number of halogens is 2. The maximum Gasteiger partial charge on any atom is 0.410 e. The average molecular weight is 415 g/mol. The Morgan fingerprint density at radius 2 is 1.74 bits per heavy atom. The molecule has 1 aliphatic rings. The molecule has 1 heterocycles. The minimum absolute atomic E-state index is 0.154. The maximum atomic E-state index is 12.8. The Labute approximate surface area is 171 Å². The molecule has 0 aromatic heterocycles. The third-order valence-electron chi connectivity index (χ3n) is 4.39. The molecule has 1 aromatic carbocycles. The first-order chi connectivity index (χ1) is 12.6. The molecular formula is C20H28Cl2N2O3. The van der Waals surface area contributed by atoms with Crippen molar-refractivity contribution < 1.29 is 14.3 Å². The van der Waals surface area contributed by atoms with Crippen LogP contribution in [0.15, 0.2) is 18.2 Å². The van der Waals surface area contributed by atoms with Gasteiger partial charge in [0.05, 0.1) is 16.1 Å². The Balaban J connectivity index is 2.13. The quantitative estimate of drug-likeness (QED) is 0.683. The average Bonchev–Trinajstić information content (AvgIpc) is 2.57. The predicted molar refractivity (Wildman–Crippen MR) is 108 cm³/mol. The normalized spacial score (nSPS) is 16.9. The molecule has 0 aliphatic carbocycles. The molecule has 2 rings (SSSR count). The van der Waals surface area contributed by atoms with Gasteiger partial charge in [-0.1, -0.05) is 36.2 Å². The van der Waals surface area contributed by atoms with Crippen LogP contribution in [0.3, 0.4) is 0 Å². The topological polar surface area (TPSA) is 49.9 Å². The highest BCUT2D eigenvalue weighted by atomic mass is 35.5. The number of benzene rings is 1. The van der Waals surface area contributed by atoms with E-state index >= 15 is 0 Å². The Morgan fingerprint density at radius 1 is 1.11 bits per heavy atom. The van der Waals surface area contributed by atoms with Gasteiger partial charge in [-0.25, -0.2) is 4.79 Å². The fourth-order valence-corrected chi connectivity index (χ4v) is 3.46. The fourth-order valence-electron chi connectivity index (χ4n) is 3.16. The van der Waals surface area contributed by atoms with E-state index < -0.39 is 5.60 Å². The lowest BCUT2D eigenvalue weighted by Crippen LogP contribution is -2.52. The number of ketones is 1. The number of ether oxygens (including phenoxy) is 1. The minimum atomic E-state index is -0.520. The maximum absolute atomic E-state index is 12.8. The van der Waals surface area contributed by atoms with Gasteiger partial charge in [0.15, 0.2) is 5.78 Å². The van der Waals surface area contributed by atoms with Gasteiger partial charge >= 0.3 is 6.09 Å². The van der Waals surface area contributed by atoms with E-state index in [9.17, 15) is 9.59 Å². The number of hydrogen-bond acceptors (Lipinski definition) is 4. The fraction of sp³-hybridized carbons (Fsp3) is 0.600. The van der Waals surface area contributed by atoms with E-state index in [4.69, 9.17) is 27.9 Å². The van der Waals surface area contributed by atoms with E-state index in [0.29, 0.717) is 42.6 Å². The standard InChI is InChI=1S/C20H28Cl2N2O3/c1-5-6-17(25)18(14-7-8-15(21)16(22)13-14)23-9-11-24(12-10-23)19(26)27-20(2,3)4/h7-8,13,18H,5-6,9-12H2,1-4H3. The molecule has 0 N–H and O–H groups in total. The molecule has 1 aliphatic heterocycles. The Hall–Kier alpha value is -1.30. The van der Waals surface area contributed by atoms with Crippen molar-refractivity contribution in [3.05, 3.63) is 33.8 Å². The summed E-state index contributed by atoms with van der Waals surface area (Å²) in [5.41, 5.74) is 0.321. The van der Waals surface area contributed by atoms with Gasteiger partial charge in [0, 0.05) is 32.6 Å². The van der Waals surface area contributed by atoms with Crippen molar-refractivity contribution in [1.82, 2.24) is 9.80 Å².